The van der Waals surface area contributed by atoms with E-state index in [1.54, 1.807) is 0 Å². The van der Waals surface area contributed by atoms with Gasteiger partial charge in [-0.1, -0.05) is 13.8 Å². The quantitative estimate of drug-likeness (QED) is 0.611. The minimum absolute atomic E-state index is 0.162. The van der Waals surface area contributed by atoms with Crippen LogP contribution in [0.4, 0.5) is 0 Å². The van der Waals surface area contributed by atoms with E-state index >= 15 is 0 Å². The predicted molar refractivity (Wildman–Crippen MR) is 65.4 cm³/mol. The number of aliphatic carboxylic acids is 1. The summed E-state index contributed by atoms with van der Waals surface area (Å²) in [6.07, 6.45) is 0. The average Bonchev–Trinajstić information content (AvgIpc) is 2.13. The number of hydrogen-bond donors (Lipinski definition) is 2. The van der Waals surface area contributed by atoms with E-state index in [0.29, 0.717) is 5.92 Å². The van der Waals surface area contributed by atoms with Gasteiger partial charge in [0.1, 0.15) is 6.04 Å². The maximum absolute atomic E-state index is 11.1. The summed E-state index contributed by atoms with van der Waals surface area (Å²) in [6.45, 7) is 6.67. The van der Waals surface area contributed by atoms with Crippen molar-refractivity contribution in [1.29, 1.82) is 0 Å². The lowest BCUT2D eigenvalue weighted by Crippen LogP contribution is -2.49. The number of rotatable bonds is 8. The number of nitrogens with zero attached hydrogens (tertiary/aromatic N) is 2. The SMILES string of the molecule is CC(C)CN(CCN(C)C)C(CN)C(=O)O. The van der Waals surface area contributed by atoms with Gasteiger partial charge in [0.15, 0.2) is 0 Å². The summed E-state index contributed by atoms with van der Waals surface area (Å²) >= 11 is 0. The first-order chi connectivity index (χ1) is 7.38. The Morgan fingerprint density at radius 1 is 1.31 bits per heavy atom. The van der Waals surface area contributed by atoms with E-state index in [2.05, 4.69) is 13.8 Å². The molecule has 3 N–H and O–H groups in total. The zero-order valence-corrected chi connectivity index (χ0v) is 10.8. The third-order valence-electron chi connectivity index (χ3n) is 2.38. The fourth-order valence-corrected chi connectivity index (χ4v) is 1.58. The van der Waals surface area contributed by atoms with E-state index in [4.69, 9.17) is 10.8 Å². The molecule has 0 aromatic carbocycles. The maximum atomic E-state index is 11.1. The molecule has 0 spiro atoms. The van der Waals surface area contributed by atoms with Crippen molar-refractivity contribution >= 4 is 5.97 Å². The molecule has 0 aliphatic rings. The third-order valence-corrected chi connectivity index (χ3v) is 2.38. The van der Waals surface area contributed by atoms with Gasteiger partial charge in [-0.3, -0.25) is 9.69 Å². The molecular weight excluding hydrogens is 206 g/mol. The van der Waals surface area contributed by atoms with Crippen LogP contribution in [-0.4, -0.2) is 67.2 Å². The van der Waals surface area contributed by atoms with E-state index in [1.807, 2.05) is 23.9 Å². The van der Waals surface area contributed by atoms with Crippen LogP contribution in [0.2, 0.25) is 0 Å². The lowest BCUT2D eigenvalue weighted by molar-refractivity contribution is -0.143. The van der Waals surface area contributed by atoms with E-state index in [1.165, 1.54) is 0 Å². The third kappa shape index (κ3) is 6.05. The molecule has 0 heterocycles. The topological polar surface area (TPSA) is 69.8 Å². The standard InChI is InChI=1S/C11H25N3O2/c1-9(2)8-14(6-5-13(3)4)10(7-12)11(15)16/h9-10H,5-8,12H2,1-4H3,(H,15,16). The highest BCUT2D eigenvalue weighted by Gasteiger charge is 2.24. The van der Waals surface area contributed by atoms with Crippen molar-refractivity contribution in [2.45, 2.75) is 19.9 Å². The van der Waals surface area contributed by atoms with Gasteiger partial charge < -0.3 is 15.7 Å². The van der Waals surface area contributed by atoms with Gasteiger partial charge in [0.25, 0.3) is 0 Å². The Hall–Kier alpha value is -0.650. The molecule has 0 saturated heterocycles. The first kappa shape index (κ1) is 15.3. The Morgan fingerprint density at radius 3 is 2.19 bits per heavy atom. The van der Waals surface area contributed by atoms with Crippen LogP contribution in [0.3, 0.4) is 0 Å². The monoisotopic (exact) mass is 231 g/mol. The number of hydrogen-bond acceptors (Lipinski definition) is 4. The summed E-state index contributed by atoms with van der Waals surface area (Å²) in [6, 6.07) is -0.567. The summed E-state index contributed by atoms with van der Waals surface area (Å²) in [4.78, 5) is 15.1. The fraction of sp³-hybridized carbons (Fsp3) is 0.909. The molecular formula is C11H25N3O2. The van der Waals surface area contributed by atoms with Gasteiger partial charge >= 0.3 is 5.97 Å². The molecule has 1 atom stereocenters. The molecule has 96 valence electrons. The molecule has 0 radical (unpaired) electrons. The van der Waals surface area contributed by atoms with Crippen LogP contribution in [0.1, 0.15) is 13.8 Å². The Balaban J connectivity index is 4.43. The molecule has 0 bridgehead atoms. The second-order valence-electron chi connectivity index (χ2n) is 4.78. The molecule has 1 unspecified atom stereocenters. The predicted octanol–water partition coefficient (Wildman–Crippen LogP) is -0.0821. The summed E-state index contributed by atoms with van der Waals surface area (Å²) in [5.41, 5.74) is 5.52. The second-order valence-corrected chi connectivity index (χ2v) is 4.78. The highest BCUT2D eigenvalue weighted by atomic mass is 16.4. The van der Waals surface area contributed by atoms with Gasteiger partial charge in [-0.25, -0.2) is 0 Å². The lowest BCUT2D eigenvalue weighted by Gasteiger charge is -2.30. The van der Waals surface area contributed by atoms with Crippen LogP contribution in [-0.2, 0) is 4.79 Å². The van der Waals surface area contributed by atoms with Crippen molar-refractivity contribution in [2.24, 2.45) is 11.7 Å². The van der Waals surface area contributed by atoms with Crippen LogP contribution < -0.4 is 5.73 Å². The molecule has 0 amide bonds. The molecule has 5 nitrogen and oxygen atoms in total. The average molecular weight is 231 g/mol. The van der Waals surface area contributed by atoms with Crippen LogP contribution >= 0.6 is 0 Å². The molecule has 0 rings (SSSR count). The van der Waals surface area contributed by atoms with Gasteiger partial charge in [0, 0.05) is 26.2 Å². The second kappa shape index (κ2) is 7.60. The smallest absolute Gasteiger partial charge is 0.322 e. The summed E-state index contributed by atoms with van der Waals surface area (Å²) in [5, 5.41) is 9.09. The Labute approximate surface area is 98.2 Å². The van der Waals surface area contributed by atoms with Crippen molar-refractivity contribution in [3.63, 3.8) is 0 Å². The normalized spacial score (nSPS) is 13.8. The van der Waals surface area contributed by atoms with Crippen LogP contribution in [0.5, 0.6) is 0 Å². The number of nitrogens with two attached hydrogens (primary N) is 1. The molecule has 0 aliphatic carbocycles. The molecule has 0 saturated carbocycles. The van der Waals surface area contributed by atoms with Crippen molar-refractivity contribution in [2.75, 3.05) is 40.3 Å². The summed E-state index contributed by atoms with van der Waals surface area (Å²) < 4.78 is 0. The number of carboxylic acid groups (broad SMARTS) is 1. The minimum Gasteiger partial charge on any atom is -0.480 e. The van der Waals surface area contributed by atoms with Crippen LogP contribution in [0, 0.1) is 5.92 Å². The largest absolute Gasteiger partial charge is 0.480 e. The number of likely N-dealkylation sites (N-methyl/N-ethyl adjacent to an activating group) is 1. The van der Waals surface area contributed by atoms with Gasteiger partial charge in [-0.2, -0.15) is 0 Å². The summed E-state index contributed by atoms with van der Waals surface area (Å²) in [7, 11) is 3.96. The van der Waals surface area contributed by atoms with Crippen molar-refractivity contribution in [3.05, 3.63) is 0 Å². The van der Waals surface area contributed by atoms with E-state index in [0.717, 1.165) is 19.6 Å². The Morgan fingerprint density at radius 2 is 1.88 bits per heavy atom. The van der Waals surface area contributed by atoms with Gasteiger partial charge in [0.2, 0.25) is 0 Å². The van der Waals surface area contributed by atoms with Crippen LogP contribution in [0.25, 0.3) is 0 Å². The minimum atomic E-state index is -0.832. The lowest BCUT2D eigenvalue weighted by atomic mass is 10.1. The van der Waals surface area contributed by atoms with E-state index in [9.17, 15) is 4.79 Å². The van der Waals surface area contributed by atoms with Gasteiger partial charge in [-0.15, -0.1) is 0 Å². The highest BCUT2D eigenvalue weighted by molar-refractivity contribution is 5.73. The zero-order chi connectivity index (χ0) is 12.7. The zero-order valence-electron chi connectivity index (χ0n) is 10.8. The molecule has 16 heavy (non-hydrogen) atoms. The fourth-order valence-electron chi connectivity index (χ4n) is 1.58. The molecule has 0 aliphatic heterocycles. The van der Waals surface area contributed by atoms with E-state index < -0.39 is 12.0 Å². The Kier molecular flexibility index (Phi) is 7.29. The number of carboxylic acids is 1. The molecule has 0 aromatic rings. The number of carbonyl (C=O) groups is 1. The van der Waals surface area contributed by atoms with Crippen molar-refractivity contribution in [3.8, 4) is 0 Å². The first-order valence-corrected chi connectivity index (χ1v) is 5.70. The van der Waals surface area contributed by atoms with Gasteiger partial charge in [0.05, 0.1) is 0 Å². The highest BCUT2D eigenvalue weighted by Crippen LogP contribution is 2.04. The Bertz CT molecular complexity index is 207. The summed E-state index contributed by atoms with van der Waals surface area (Å²) in [5.74, 6) is -0.391. The van der Waals surface area contributed by atoms with Crippen molar-refractivity contribution in [1.82, 2.24) is 9.80 Å². The molecule has 5 heteroatoms. The first-order valence-electron chi connectivity index (χ1n) is 5.70. The maximum Gasteiger partial charge on any atom is 0.322 e. The molecule has 0 fully saturated rings. The van der Waals surface area contributed by atoms with E-state index in [-0.39, 0.29) is 6.54 Å². The van der Waals surface area contributed by atoms with Crippen molar-refractivity contribution < 1.29 is 9.90 Å². The van der Waals surface area contributed by atoms with Gasteiger partial charge in [-0.05, 0) is 20.0 Å². The van der Waals surface area contributed by atoms with Crippen LogP contribution in [0.15, 0.2) is 0 Å². The molecule has 0 aromatic heterocycles.